The zero-order valence-corrected chi connectivity index (χ0v) is 13.4. The molecule has 0 aliphatic heterocycles. The molecule has 5 nitrogen and oxygen atoms in total. The standard InChI is InChI=1S/C17H14FN3O2S/c18-13-1-3-14(4-2-13)23-10-16-21-15(11-24-16)17(22)20-9-12-5-7-19-8-6-12/h1-8,11H,9-10H2,(H,20,22). The molecule has 2 aromatic heterocycles. The van der Waals surface area contributed by atoms with E-state index in [0.717, 1.165) is 5.56 Å². The second-order valence-electron chi connectivity index (χ2n) is 4.91. The lowest BCUT2D eigenvalue weighted by Gasteiger charge is -2.04. The van der Waals surface area contributed by atoms with Gasteiger partial charge >= 0.3 is 0 Å². The van der Waals surface area contributed by atoms with Crippen molar-refractivity contribution in [2.24, 2.45) is 0 Å². The van der Waals surface area contributed by atoms with Crippen molar-refractivity contribution in [2.45, 2.75) is 13.2 Å². The minimum absolute atomic E-state index is 0.230. The first-order valence-corrected chi connectivity index (χ1v) is 8.08. The maximum absolute atomic E-state index is 12.8. The average Bonchev–Trinajstić information content (AvgIpc) is 3.09. The number of carbonyl (C=O) groups excluding carboxylic acids is 1. The Morgan fingerprint density at radius 1 is 1.17 bits per heavy atom. The van der Waals surface area contributed by atoms with Crippen LogP contribution in [0, 0.1) is 5.82 Å². The number of halogens is 1. The number of amides is 1. The summed E-state index contributed by atoms with van der Waals surface area (Å²) in [5, 5.41) is 5.16. The first-order chi connectivity index (χ1) is 11.7. The number of hydrogen-bond acceptors (Lipinski definition) is 5. The van der Waals surface area contributed by atoms with Crippen LogP contribution in [0.25, 0.3) is 0 Å². The van der Waals surface area contributed by atoms with Crippen molar-refractivity contribution < 1.29 is 13.9 Å². The number of rotatable bonds is 6. The van der Waals surface area contributed by atoms with E-state index in [9.17, 15) is 9.18 Å². The molecule has 0 unspecified atom stereocenters. The van der Waals surface area contributed by atoms with Crippen LogP contribution >= 0.6 is 11.3 Å². The zero-order valence-electron chi connectivity index (χ0n) is 12.6. The number of nitrogens with zero attached hydrogens (tertiary/aromatic N) is 2. The van der Waals surface area contributed by atoms with E-state index in [-0.39, 0.29) is 18.3 Å². The Balaban J connectivity index is 1.52. The number of benzene rings is 1. The number of nitrogens with one attached hydrogen (secondary N) is 1. The number of ether oxygens (including phenoxy) is 1. The van der Waals surface area contributed by atoms with E-state index in [1.807, 2.05) is 12.1 Å². The molecule has 122 valence electrons. The smallest absolute Gasteiger partial charge is 0.271 e. The topological polar surface area (TPSA) is 64.1 Å². The Morgan fingerprint density at radius 2 is 1.92 bits per heavy atom. The van der Waals surface area contributed by atoms with Crippen molar-refractivity contribution in [1.29, 1.82) is 0 Å². The Morgan fingerprint density at radius 3 is 2.67 bits per heavy atom. The summed E-state index contributed by atoms with van der Waals surface area (Å²) in [5.74, 6) is -0.00358. The van der Waals surface area contributed by atoms with Crippen LogP contribution in [0.4, 0.5) is 4.39 Å². The van der Waals surface area contributed by atoms with Gasteiger partial charge in [-0.25, -0.2) is 9.37 Å². The van der Waals surface area contributed by atoms with Gasteiger partial charge in [-0.1, -0.05) is 0 Å². The van der Waals surface area contributed by atoms with E-state index in [0.29, 0.717) is 23.0 Å². The molecular formula is C17H14FN3O2S. The molecule has 1 amide bonds. The summed E-state index contributed by atoms with van der Waals surface area (Å²) in [5.41, 5.74) is 1.32. The largest absolute Gasteiger partial charge is 0.486 e. The highest BCUT2D eigenvalue weighted by Crippen LogP contribution is 2.16. The molecule has 1 N–H and O–H groups in total. The molecular weight excluding hydrogens is 329 g/mol. The van der Waals surface area contributed by atoms with Crippen molar-refractivity contribution in [1.82, 2.24) is 15.3 Å². The molecule has 0 fully saturated rings. The highest BCUT2D eigenvalue weighted by molar-refractivity contribution is 7.09. The predicted molar refractivity (Wildman–Crippen MR) is 88.3 cm³/mol. The van der Waals surface area contributed by atoms with Gasteiger partial charge < -0.3 is 10.1 Å². The Bertz CT molecular complexity index is 806. The van der Waals surface area contributed by atoms with Gasteiger partial charge in [-0.05, 0) is 42.0 Å². The fourth-order valence-corrected chi connectivity index (χ4v) is 2.62. The van der Waals surface area contributed by atoms with Gasteiger partial charge in [0.15, 0.2) is 0 Å². The molecule has 0 aliphatic rings. The van der Waals surface area contributed by atoms with Crippen molar-refractivity contribution >= 4 is 17.2 Å². The quantitative estimate of drug-likeness (QED) is 0.747. The number of thiazole rings is 1. The van der Waals surface area contributed by atoms with Crippen molar-refractivity contribution in [3.05, 3.63) is 76.3 Å². The molecule has 0 saturated heterocycles. The third-order valence-electron chi connectivity index (χ3n) is 3.16. The molecule has 7 heteroatoms. The second kappa shape index (κ2) is 7.65. The third-order valence-corrected chi connectivity index (χ3v) is 3.99. The maximum atomic E-state index is 12.8. The van der Waals surface area contributed by atoms with Crippen LogP contribution in [0.5, 0.6) is 5.75 Å². The van der Waals surface area contributed by atoms with Gasteiger partial charge in [0, 0.05) is 24.3 Å². The van der Waals surface area contributed by atoms with Crippen LogP contribution in [-0.2, 0) is 13.2 Å². The van der Waals surface area contributed by atoms with Crippen LogP contribution in [0.3, 0.4) is 0 Å². The molecule has 3 rings (SSSR count). The Hall–Kier alpha value is -2.80. The first kappa shape index (κ1) is 16.1. The van der Waals surface area contributed by atoms with E-state index in [1.54, 1.807) is 29.9 Å². The molecule has 0 bridgehead atoms. The number of carbonyl (C=O) groups is 1. The second-order valence-corrected chi connectivity index (χ2v) is 5.85. The van der Waals surface area contributed by atoms with E-state index < -0.39 is 0 Å². The van der Waals surface area contributed by atoms with E-state index in [1.165, 1.54) is 23.5 Å². The van der Waals surface area contributed by atoms with Gasteiger partial charge in [-0.2, -0.15) is 0 Å². The van der Waals surface area contributed by atoms with Crippen LogP contribution in [0.2, 0.25) is 0 Å². The van der Waals surface area contributed by atoms with Crippen LogP contribution in [0.15, 0.2) is 54.2 Å². The summed E-state index contributed by atoms with van der Waals surface area (Å²) in [7, 11) is 0. The fraction of sp³-hybridized carbons (Fsp3) is 0.118. The third kappa shape index (κ3) is 4.36. The molecule has 1 aromatic carbocycles. The minimum atomic E-state index is -0.315. The Labute approximate surface area is 142 Å². The molecule has 3 aromatic rings. The molecule has 0 radical (unpaired) electrons. The average molecular weight is 343 g/mol. The van der Waals surface area contributed by atoms with Crippen molar-refractivity contribution in [3.63, 3.8) is 0 Å². The van der Waals surface area contributed by atoms with Crippen LogP contribution < -0.4 is 10.1 Å². The monoisotopic (exact) mass is 343 g/mol. The van der Waals surface area contributed by atoms with Gasteiger partial charge in [0.1, 0.15) is 28.9 Å². The molecule has 0 saturated carbocycles. The summed E-state index contributed by atoms with van der Waals surface area (Å²) >= 11 is 1.34. The van der Waals surface area contributed by atoms with Gasteiger partial charge in [0.2, 0.25) is 0 Å². The fourth-order valence-electron chi connectivity index (χ4n) is 1.93. The van der Waals surface area contributed by atoms with Gasteiger partial charge in [-0.15, -0.1) is 11.3 Å². The SMILES string of the molecule is O=C(NCc1ccncc1)c1csc(COc2ccc(F)cc2)n1. The molecule has 0 atom stereocenters. The van der Waals surface area contributed by atoms with Gasteiger partial charge in [0.05, 0.1) is 0 Å². The number of pyridine rings is 1. The van der Waals surface area contributed by atoms with E-state index >= 15 is 0 Å². The molecule has 0 spiro atoms. The van der Waals surface area contributed by atoms with Crippen LogP contribution in [-0.4, -0.2) is 15.9 Å². The summed E-state index contributed by atoms with van der Waals surface area (Å²) < 4.78 is 18.3. The molecule has 2 heterocycles. The van der Waals surface area contributed by atoms with Crippen molar-refractivity contribution in [3.8, 4) is 5.75 Å². The van der Waals surface area contributed by atoms with E-state index in [4.69, 9.17) is 4.74 Å². The number of aromatic nitrogens is 2. The summed E-state index contributed by atoms with van der Waals surface area (Å²) in [6, 6.07) is 9.42. The highest BCUT2D eigenvalue weighted by Gasteiger charge is 2.11. The highest BCUT2D eigenvalue weighted by atomic mass is 32.1. The lowest BCUT2D eigenvalue weighted by Crippen LogP contribution is -2.23. The van der Waals surface area contributed by atoms with Crippen LogP contribution in [0.1, 0.15) is 21.1 Å². The van der Waals surface area contributed by atoms with Gasteiger partial charge in [0.25, 0.3) is 5.91 Å². The summed E-state index contributed by atoms with van der Waals surface area (Å²) in [6.45, 7) is 0.647. The van der Waals surface area contributed by atoms with Crippen molar-refractivity contribution in [2.75, 3.05) is 0 Å². The first-order valence-electron chi connectivity index (χ1n) is 7.20. The lowest BCUT2D eigenvalue weighted by atomic mass is 10.2. The molecule has 0 aliphatic carbocycles. The minimum Gasteiger partial charge on any atom is -0.486 e. The summed E-state index contributed by atoms with van der Waals surface area (Å²) in [6.07, 6.45) is 3.35. The predicted octanol–water partition coefficient (Wildman–Crippen LogP) is 3.19. The van der Waals surface area contributed by atoms with E-state index in [2.05, 4.69) is 15.3 Å². The maximum Gasteiger partial charge on any atom is 0.271 e. The lowest BCUT2D eigenvalue weighted by molar-refractivity contribution is 0.0946. The molecule has 24 heavy (non-hydrogen) atoms. The zero-order chi connectivity index (χ0) is 16.8. The normalized spacial score (nSPS) is 10.4. The Kier molecular flexibility index (Phi) is 5.12. The summed E-state index contributed by atoms with van der Waals surface area (Å²) in [4.78, 5) is 20.3. The van der Waals surface area contributed by atoms with Gasteiger partial charge in [-0.3, -0.25) is 9.78 Å². The number of hydrogen-bond donors (Lipinski definition) is 1.